The van der Waals surface area contributed by atoms with E-state index in [0.29, 0.717) is 13.2 Å². The highest BCUT2D eigenvalue weighted by molar-refractivity contribution is 5.29. The molecule has 1 unspecified atom stereocenters. The summed E-state index contributed by atoms with van der Waals surface area (Å²) in [6, 6.07) is 6.40. The Kier molecular flexibility index (Phi) is 5.46. The minimum Gasteiger partial charge on any atom is -0.389 e. The first-order valence-electron chi connectivity index (χ1n) is 5.57. The second kappa shape index (κ2) is 6.63. The zero-order valence-corrected chi connectivity index (χ0v) is 10.3. The average molecular weight is 223 g/mol. The minimum absolute atomic E-state index is 0.375. The van der Waals surface area contributed by atoms with Crippen LogP contribution in [-0.2, 0) is 11.3 Å². The van der Waals surface area contributed by atoms with Crippen LogP contribution in [0.1, 0.15) is 16.7 Å². The zero-order valence-electron chi connectivity index (χ0n) is 10.3. The molecule has 0 spiro atoms. The van der Waals surface area contributed by atoms with Gasteiger partial charge < -0.3 is 15.2 Å². The van der Waals surface area contributed by atoms with Crippen molar-refractivity contribution in [2.75, 3.05) is 20.3 Å². The highest BCUT2D eigenvalue weighted by Gasteiger charge is 2.02. The molecule has 1 rings (SSSR count). The average Bonchev–Trinajstić information content (AvgIpc) is 2.24. The number of aliphatic hydroxyl groups excluding tert-OH is 1. The predicted molar refractivity (Wildman–Crippen MR) is 65.5 cm³/mol. The Morgan fingerprint density at radius 2 is 2.06 bits per heavy atom. The van der Waals surface area contributed by atoms with Crippen molar-refractivity contribution < 1.29 is 9.84 Å². The fourth-order valence-electron chi connectivity index (χ4n) is 1.55. The molecule has 2 N–H and O–H groups in total. The van der Waals surface area contributed by atoms with Gasteiger partial charge in [0, 0.05) is 20.2 Å². The van der Waals surface area contributed by atoms with Crippen LogP contribution in [0.3, 0.4) is 0 Å². The molecule has 0 saturated heterocycles. The van der Waals surface area contributed by atoms with Gasteiger partial charge >= 0.3 is 0 Å². The molecule has 0 aliphatic heterocycles. The van der Waals surface area contributed by atoms with Gasteiger partial charge in [0.25, 0.3) is 0 Å². The molecule has 0 bridgehead atoms. The molecule has 0 amide bonds. The first-order valence-corrected chi connectivity index (χ1v) is 5.57. The Balaban J connectivity index is 2.34. The topological polar surface area (TPSA) is 41.5 Å². The Labute approximate surface area is 97.4 Å². The molecule has 3 heteroatoms. The van der Waals surface area contributed by atoms with Crippen LogP contribution in [0.2, 0.25) is 0 Å². The first kappa shape index (κ1) is 13.2. The van der Waals surface area contributed by atoms with E-state index in [1.807, 2.05) is 0 Å². The fraction of sp³-hybridized carbons (Fsp3) is 0.538. The predicted octanol–water partition coefficient (Wildman–Crippen LogP) is 1.40. The number of rotatable bonds is 6. The summed E-state index contributed by atoms with van der Waals surface area (Å²) < 4.78 is 4.85. The van der Waals surface area contributed by atoms with E-state index in [-0.39, 0.29) is 0 Å². The van der Waals surface area contributed by atoms with E-state index in [1.54, 1.807) is 7.11 Å². The molecule has 16 heavy (non-hydrogen) atoms. The standard InChI is InChI=1S/C13H21NO2/c1-10-4-5-12(6-11(10)2)7-14-8-13(15)9-16-3/h4-6,13-15H,7-9H2,1-3H3. The number of methoxy groups -OCH3 is 1. The molecule has 0 radical (unpaired) electrons. The molecule has 1 atom stereocenters. The monoisotopic (exact) mass is 223 g/mol. The van der Waals surface area contributed by atoms with E-state index in [9.17, 15) is 5.11 Å². The van der Waals surface area contributed by atoms with E-state index in [2.05, 4.69) is 37.4 Å². The van der Waals surface area contributed by atoms with E-state index < -0.39 is 6.10 Å². The third kappa shape index (κ3) is 4.31. The maximum absolute atomic E-state index is 9.44. The van der Waals surface area contributed by atoms with Gasteiger partial charge in [0.1, 0.15) is 0 Å². The maximum atomic E-state index is 9.44. The smallest absolute Gasteiger partial charge is 0.0897 e. The molecule has 90 valence electrons. The van der Waals surface area contributed by atoms with Crippen LogP contribution in [-0.4, -0.2) is 31.5 Å². The van der Waals surface area contributed by atoms with Gasteiger partial charge in [-0.2, -0.15) is 0 Å². The molecule has 0 aliphatic carbocycles. The van der Waals surface area contributed by atoms with Crippen molar-refractivity contribution in [3.63, 3.8) is 0 Å². The number of hydrogen-bond donors (Lipinski definition) is 2. The van der Waals surface area contributed by atoms with Crippen molar-refractivity contribution in [2.24, 2.45) is 0 Å². The van der Waals surface area contributed by atoms with Gasteiger partial charge in [0.15, 0.2) is 0 Å². The van der Waals surface area contributed by atoms with Gasteiger partial charge in [0.05, 0.1) is 12.7 Å². The molecule has 0 aliphatic rings. The summed E-state index contributed by atoms with van der Waals surface area (Å²) in [7, 11) is 1.59. The second-order valence-corrected chi connectivity index (χ2v) is 4.16. The maximum Gasteiger partial charge on any atom is 0.0897 e. The highest BCUT2D eigenvalue weighted by atomic mass is 16.5. The number of hydrogen-bond acceptors (Lipinski definition) is 3. The van der Waals surface area contributed by atoms with E-state index >= 15 is 0 Å². The van der Waals surface area contributed by atoms with E-state index in [0.717, 1.165) is 6.54 Å². The van der Waals surface area contributed by atoms with Gasteiger partial charge in [0.2, 0.25) is 0 Å². The van der Waals surface area contributed by atoms with Crippen LogP contribution in [0.4, 0.5) is 0 Å². The van der Waals surface area contributed by atoms with Gasteiger partial charge in [-0.25, -0.2) is 0 Å². The number of benzene rings is 1. The normalized spacial score (nSPS) is 12.8. The van der Waals surface area contributed by atoms with Crippen molar-refractivity contribution in [1.29, 1.82) is 0 Å². The quantitative estimate of drug-likeness (QED) is 0.766. The lowest BCUT2D eigenvalue weighted by Crippen LogP contribution is -2.29. The molecule has 1 aromatic rings. The van der Waals surface area contributed by atoms with Gasteiger partial charge in [-0.05, 0) is 30.5 Å². The lowest BCUT2D eigenvalue weighted by atomic mass is 10.1. The molecule has 0 saturated carbocycles. The summed E-state index contributed by atoms with van der Waals surface area (Å²) in [5, 5.41) is 12.6. The van der Waals surface area contributed by atoms with Crippen LogP contribution in [0.15, 0.2) is 18.2 Å². The summed E-state index contributed by atoms with van der Waals surface area (Å²) in [4.78, 5) is 0. The van der Waals surface area contributed by atoms with Crippen molar-refractivity contribution in [1.82, 2.24) is 5.32 Å². The SMILES string of the molecule is COCC(O)CNCc1ccc(C)c(C)c1. The molecule has 0 aromatic heterocycles. The lowest BCUT2D eigenvalue weighted by molar-refractivity contribution is 0.0644. The van der Waals surface area contributed by atoms with Crippen molar-refractivity contribution >= 4 is 0 Å². The van der Waals surface area contributed by atoms with Crippen LogP contribution in [0.5, 0.6) is 0 Å². The fourth-order valence-corrected chi connectivity index (χ4v) is 1.55. The summed E-state index contributed by atoms with van der Waals surface area (Å²) in [6.07, 6.45) is -0.434. The number of nitrogens with one attached hydrogen (secondary N) is 1. The van der Waals surface area contributed by atoms with Crippen LogP contribution < -0.4 is 5.32 Å². The number of ether oxygens (including phenoxy) is 1. The molecule has 1 aromatic carbocycles. The molecular formula is C13H21NO2. The highest BCUT2D eigenvalue weighted by Crippen LogP contribution is 2.09. The summed E-state index contributed by atoms with van der Waals surface area (Å²) in [6.45, 7) is 5.93. The van der Waals surface area contributed by atoms with E-state index in [4.69, 9.17) is 4.74 Å². The number of aryl methyl sites for hydroxylation is 2. The van der Waals surface area contributed by atoms with Crippen LogP contribution >= 0.6 is 0 Å². The summed E-state index contributed by atoms with van der Waals surface area (Å²) >= 11 is 0. The van der Waals surface area contributed by atoms with E-state index in [1.165, 1.54) is 16.7 Å². The van der Waals surface area contributed by atoms with Gasteiger partial charge in [-0.1, -0.05) is 18.2 Å². The molecule has 0 heterocycles. The van der Waals surface area contributed by atoms with Gasteiger partial charge in [-0.15, -0.1) is 0 Å². The van der Waals surface area contributed by atoms with Crippen LogP contribution in [0.25, 0.3) is 0 Å². The molecule has 3 nitrogen and oxygen atoms in total. The lowest BCUT2D eigenvalue weighted by Gasteiger charge is -2.11. The Morgan fingerprint density at radius 1 is 1.31 bits per heavy atom. The molecule has 0 fully saturated rings. The largest absolute Gasteiger partial charge is 0.389 e. The Morgan fingerprint density at radius 3 is 2.69 bits per heavy atom. The zero-order chi connectivity index (χ0) is 12.0. The third-order valence-corrected chi connectivity index (χ3v) is 2.64. The minimum atomic E-state index is -0.434. The summed E-state index contributed by atoms with van der Waals surface area (Å²) in [5.41, 5.74) is 3.85. The number of aliphatic hydroxyl groups is 1. The third-order valence-electron chi connectivity index (χ3n) is 2.64. The van der Waals surface area contributed by atoms with Crippen molar-refractivity contribution in [3.8, 4) is 0 Å². The Hall–Kier alpha value is -0.900. The second-order valence-electron chi connectivity index (χ2n) is 4.16. The van der Waals surface area contributed by atoms with Crippen molar-refractivity contribution in [3.05, 3.63) is 34.9 Å². The van der Waals surface area contributed by atoms with Gasteiger partial charge in [-0.3, -0.25) is 0 Å². The van der Waals surface area contributed by atoms with Crippen molar-refractivity contribution in [2.45, 2.75) is 26.5 Å². The summed E-state index contributed by atoms with van der Waals surface area (Å²) in [5.74, 6) is 0. The Bertz CT molecular complexity index is 326. The van der Waals surface area contributed by atoms with Crippen LogP contribution in [0, 0.1) is 13.8 Å². The molecular weight excluding hydrogens is 202 g/mol. The first-order chi connectivity index (χ1) is 7.63.